The van der Waals surface area contributed by atoms with Crippen molar-refractivity contribution in [3.05, 3.63) is 59.7 Å². The predicted octanol–water partition coefficient (Wildman–Crippen LogP) is 2.02. The number of hydrogen-bond donors (Lipinski definition) is 3. The average Bonchev–Trinajstić information content (AvgIpc) is 2.71. The van der Waals surface area contributed by atoms with E-state index in [1.165, 1.54) is 19.2 Å². The monoisotopic (exact) mass is 386 g/mol. The Morgan fingerprint density at radius 2 is 1.89 bits per heavy atom. The molecule has 4 N–H and O–H groups in total. The van der Waals surface area contributed by atoms with Crippen LogP contribution in [0, 0.1) is 0 Å². The van der Waals surface area contributed by atoms with Crippen molar-refractivity contribution in [2.45, 2.75) is 25.3 Å². The lowest BCUT2D eigenvalue weighted by Gasteiger charge is -2.17. The molecule has 0 fully saturated rings. The van der Waals surface area contributed by atoms with Gasteiger partial charge in [-0.1, -0.05) is 30.3 Å². The number of nitrogens with two attached hydrogens (primary N) is 1. The normalized spacial score (nSPS) is 11.5. The van der Waals surface area contributed by atoms with Crippen LogP contribution in [-0.2, 0) is 16.0 Å². The molecule has 7 nitrogen and oxygen atoms in total. The van der Waals surface area contributed by atoms with Crippen molar-refractivity contribution in [1.29, 1.82) is 0 Å². The zero-order valence-electron chi connectivity index (χ0n) is 15.9. The van der Waals surface area contributed by atoms with Crippen LogP contribution in [0.5, 0.6) is 11.5 Å². The van der Waals surface area contributed by atoms with E-state index in [4.69, 9.17) is 15.2 Å². The maximum Gasteiger partial charge on any atom is 0.328 e. The first-order chi connectivity index (χ1) is 13.5. The summed E-state index contributed by atoms with van der Waals surface area (Å²) in [5.41, 5.74) is 6.36. The number of esters is 1. The van der Waals surface area contributed by atoms with Gasteiger partial charge >= 0.3 is 5.97 Å². The number of carbonyl (C=O) groups excluding carboxylic acids is 2. The van der Waals surface area contributed by atoms with E-state index < -0.39 is 17.9 Å². The number of rotatable bonds is 10. The number of nitrogens with one attached hydrogen (secondary N) is 1. The van der Waals surface area contributed by atoms with Gasteiger partial charge in [0.2, 0.25) is 0 Å². The van der Waals surface area contributed by atoms with Crippen molar-refractivity contribution in [3.63, 3.8) is 0 Å². The largest absolute Gasteiger partial charge is 0.507 e. The molecule has 2 rings (SSSR count). The summed E-state index contributed by atoms with van der Waals surface area (Å²) in [5.74, 6) is -0.896. The maximum absolute atomic E-state index is 12.6. The zero-order chi connectivity index (χ0) is 20.4. The van der Waals surface area contributed by atoms with E-state index in [1.54, 1.807) is 6.07 Å². The molecule has 2 aromatic carbocycles. The molecule has 1 amide bonds. The Bertz CT molecular complexity index is 780. The van der Waals surface area contributed by atoms with Crippen molar-refractivity contribution in [3.8, 4) is 11.5 Å². The minimum atomic E-state index is -0.869. The summed E-state index contributed by atoms with van der Waals surface area (Å²) >= 11 is 0. The van der Waals surface area contributed by atoms with Crippen LogP contribution in [0.15, 0.2) is 48.5 Å². The standard InChI is InChI=1S/C21H26N2O5/c1-27-21(26)18(13-15-7-3-2-4-8-15)23-20(25)17-10-9-16(14-19(17)24)28-12-6-5-11-22/h2-4,7-10,14,18,24H,5-6,11-13,22H2,1H3,(H,23,25)/t18-/m0/s1. The summed E-state index contributed by atoms with van der Waals surface area (Å²) in [4.78, 5) is 24.6. The molecule has 0 radical (unpaired) electrons. The lowest BCUT2D eigenvalue weighted by molar-refractivity contribution is -0.142. The summed E-state index contributed by atoms with van der Waals surface area (Å²) in [6, 6.07) is 12.8. The van der Waals surface area contributed by atoms with Gasteiger partial charge in [0.1, 0.15) is 17.5 Å². The van der Waals surface area contributed by atoms with E-state index >= 15 is 0 Å². The molecular weight excluding hydrogens is 360 g/mol. The molecule has 0 aliphatic rings. The number of carbonyl (C=O) groups is 2. The van der Waals surface area contributed by atoms with Crippen LogP contribution in [-0.4, -0.2) is 43.3 Å². The minimum Gasteiger partial charge on any atom is -0.507 e. The van der Waals surface area contributed by atoms with Crippen molar-refractivity contribution in [2.75, 3.05) is 20.3 Å². The third-order valence-electron chi connectivity index (χ3n) is 4.15. The molecule has 7 heteroatoms. The molecule has 0 unspecified atom stereocenters. The molecule has 0 aliphatic heterocycles. The van der Waals surface area contributed by atoms with Crippen molar-refractivity contribution in [1.82, 2.24) is 5.32 Å². The number of aromatic hydroxyl groups is 1. The second kappa shape index (κ2) is 10.9. The Labute approximate surface area is 164 Å². The quantitative estimate of drug-likeness (QED) is 0.426. The Morgan fingerprint density at radius 3 is 2.54 bits per heavy atom. The highest BCUT2D eigenvalue weighted by Gasteiger charge is 2.24. The first-order valence-corrected chi connectivity index (χ1v) is 9.13. The molecule has 0 bridgehead atoms. The van der Waals surface area contributed by atoms with E-state index in [1.807, 2.05) is 30.3 Å². The number of benzene rings is 2. The van der Waals surface area contributed by atoms with Gasteiger partial charge in [-0.15, -0.1) is 0 Å². The Kier molecular flexibility index (Phi) is 8.30. The number of methoxy groups -OCH3 is 1. The summed E-state index contributed by atoms with van der Waals surface area (Å²) in [7, 11) is 1.26. The van der Waals surface area contributed by atoms with E-state index in [9.17, 15) is 14.7 Å². The van der Waals surface area contributed by atoms with Crippen LogP contribution in [0.4, 0.5) is 0 Å². The van der Waals surface area contributed by atoms with Gasteiger partial charge in [0, 0.05) is 12.5 Å². The lowest BCUT2D eigenvalue weighted by atomic mass is 10.1. The molecule has 28 heavy (non-hydrogen) atoms. The van der Waals surface area contributed by atoms with Crippen molar-refractivity contribution in [2.24, 2.45) is 5.73 Å². The molecular formula is C21H26N2O5. The van der Waals surface area contributed by atoms with Gasteiger partial charge in [-0.3, -0.25) is 4.79 Å². The number of amides is 1. The van der Waals surface area contributed by atoms with Crippen LogP contribution < -0.4 is 15.8 Å². The highest BCUT2D eigenvalue weighted by molar-refractivity contribution is 5.99. The third-order valence-corrected chi connectivity index (χ3v) is 4.15. The predicted molar refractivity (Wildman–Crippen MR) is 105 cm³/mol. The minimum absolute atomic E-state index is 0.0521. The van der Waals surface area contributed by atoms with Crippen LogP contribution in [0.25, 0.3) is 0 Å². The number of hydrogen-bond acceptors (Lipinski definition) is 6. The van der Waals surface area contributed by atoms with Crippen molar-refractivity contribution < 1.29 is 24.2 Å². The molecule has 0 heterocycles. The van der Waals surface area contributed by atoms with Crippen LogP contribution in [0.1, 0.15) is 28.8 Å². The van der Waals surface area contributed by atoms with E-state index in [-0.39, 0.29) is 17.7 Å². The van der Waals surface area contributed by atoms with Gasteiger partial charge in [0.05, 0.1) is 19.3 Å². The first kappa shape index (κ1) is 21.2. The topological polar surface area (TPSA) is 111 Å². The zero-order valence-corrected chi connectivity index (χ0v) is 15.9. The van der Waals surface area contributed by atoms with Crippen LogP contribution in [0.3, 0.4) is 0 Å². The molecule has 150 valence electrons. The van der Waals surface area contributed by atoms with E-state index in [0.29, 0.717) is 18.9 Å². The molecule has 0 saturated carbocycles. The highest BCUT2D eigenvalue weighted by atomic mass is 16.5. The second-order valence-corrected chi connectivity index (χ2v) is 6.26. The van der Waals surface area contributed by atoms with Gasteiger partial charge in [0.15, 0.2) is 0 Å². The van der Waals surface area contributed by atoms with Gasteiger partial charge in [0.25, 0.3) is 5.91 Å². The fraction of sp³-hybridized carbons (Fsp3) is 0.333. The molecule has 1 atom stereocenters. The smallest absolute Gasteiger partial charge is 0.328 e. The molecule has 0 spiro atoms. The van der Waals surface area contributed by atoms with Gasteiger partial charge in [-0.05, 0) is 37.1 Å². The number of phenolic OH excluding ortho intramolecular Hbond substituents is 1. The summed E-state index contributed by atoms with van der Waals surface area (Å²) in [6.45, 7) is 1.07. The number of ether oxygens (including phenoxy) is 2. The Balaban J connectivity index is 2.04. The third kappa shape index (κ3) is 6.28. The average molecular weight is 386 g/mol. The Morgan fingerprint density at radius 1 is 1.14 bits per heavy atom. The molecule has 2 aromatic rings. The van der Waals surface area contributed by atoms with Gasteiger partial charge < -0.3 is 25.6 Å². The maximum atomic E-state index is 12.6. The highest BCUT2D eigenvalue weighted by Crippen LogP contribution is 2.24. The molecule has 0 aliphatic carbocycles. The van der Waals surface area contributed by atoms with Crippen LogP contribution >= 0.6 is 0 Å². The van der Waals surface area contributed by atoms with Crippen LogP contribution in [0.2, 0.25) is 0 Å². The second-order valence-electron chi connectivity index (χ2n) is 6.26. The van der Waals surface area contributed by atoms with Gasteiger partial charge in [-0.2, -0.15) is 0 Å². The summed E-state index contributed by atoms with van der Waals surface area (Å²) in [6.07, 6.45) is 1.94. The fourth-order valence-electron chi connectivity index (χ4n) is 2.65. The van der Waals surface area contributed by atoms with Crippen molar-refractivity contribution >= 4 is 11.9 Å². The first-order valence-electron chi connectivity index (χ1n) is 9.13. The lowest BCUT2D eigenvalue weighted by Crippen LogP contribution is -2.43. The van der Waals surface area contributed by atoms with E-state index in [0.717, 1.165) is 18.4 Å². The molecule has 0 aromatic heterocycles. The number of phenols is 1. The Hall–Kier alpha value is -3.06. The molecule has 0 saturated heterocycles. The fourth-order valence-corrected chi connectivity index (χ4v) is 2.65. The number of unbranched alkanes of at least 4 members (excludes halogenated alkanes) is 1. The SMILES string of the molecule is COC(=O)[C@H](Cc1ccccc1)NC(=O)c1ccc(OCCCCN)cc1O. The summed E-state index contributed by atoms with van der Waals surface area (Å²) < 4.78 is 10.3. The van der Waals surface area contributed by atoms with Gasteiger partial charge in [-0.25, -0.2) is 4.79 Å². The van der Waals surface area contributed by atoms with E-state index in [2.05, 4.69) is 5.32 Å². The summed E-state index contributed by atoms with van der Waals surface area (Å²) in [5, 5.41) is 12.8.